The Bertz CT molecular complexity index is 859. The van der Waals surface area contributed by atoms with Crippen molar-refractivity contribution >= 4 is 35.0 Å². The van der Waals surface area contributed by atoms with Gasteiger partial charge in [-0.25, -0.2) is 0 Å². The SMILES string of the molecule is CN1C(=C/C=C/C=Nc2cccc([N+](=O)[O-])c2)Sc2ccccc21. The van der Waals surface area contributed by atoms with Crippen LogP contribution in [-0.2, 0) is 0 Å². The van der Waals surface area contributed by atoms with Crippen molar-refractivity contribution in [1.82, 2.24) is 0 Å². The summed E-state index contributed by atoms with van der Waals surface area (Å²) in [5, 5.41) is 11.9. The number of allylic oxidation sites excluding steroid dienone is 3. The molecule has 0 fully saturated rings. The normalized spacial score (nSPS) is 15.5. The van der Waals surface area contributed by atoms with Gasteiger partial charge in [0.2, 0.25) is 0 Å². The molecule has 1 aliphatic heterocycles. The van der Waals surface area contributed by atoms with E-state index in [0.29, 0.717) is 5.69 Å². The van der Waals surface area contributed by atoms with Crippen molar-refractivity contribution in [3.63, 3.8) is 0 Å². The van der Waals surface area contributed by atoms with Crippen LogP contribution in [0, 0.1) is 10.1 Å². The maximum Gasteiger partial charge on any atom is 0.271 e. The molecular formula is C18H15N3O2S. The van der Waals surface area contributed by atoms with Gasteiger partial charge in [0, 0.05) is 30.3 Å². The maximum atomic E-state index is 10.7. The number of non-ortho nitro benzene ring substituents is 1. The number of nitrogens with zero attached hydrogens (tertiary/aromatic N) is 3. The lowest BCUT2D eigenvalue weighted by Gasteiger charge is -2.12. The van der Waals surface area contributed by atoms with Gasteiger partial charge in [0.25, 0.3) is 5.69 Å². The van der Waals surface area contributed by atoms with Gasteiger partial charge in [0.05, 0.1) is 21.3 Å². The van der Waals surface area contributed by atoms with Gasteiger partial charge < -0.3 is 4.90 Å². The molecule has 0 saturated carbocycles. The van der Waals surface area contributed by atoms with E-state index in [9.17, 15) is 10.1 Å². The van der Waals surface area contributed by atoms with Crippen LogP contribution in [0.2, 0.25) is 0 Å². The quantitative estimate of drug-likeness (QED) is 0.450. The van der Waals surface area contributed by atoms with E-state index in [1.807, 2.05) is 37.4 Å². The van der Waals surface area contributed by atoms with E-state index >= 15 is 0 Å². The van der Waals surface area contributed by atoms with E-state index in [0.717, 1.165) is 5.03 Å². The Balaban J connectivity index is 1.65. The van der Waals surface area contributed by atoms with Crippen LogP contribution in [-0.4, -0.2) is 18.2 Å². The number of fused-ring (bicyclic) bond motifs is 1. The summed E-state index contributed by atoms with van der Waals surface area (Å²) in [6.07, 6.45) is 7.36. The van der Waals surface area contributed by atoms with E-state index < -0.39 is 4.92 Å². The number of nitro benzene ring substituents is 1. The fourth-order valence-corrected chi connectivity index (χ4v) is 3.33. The molecule has 0 aliphatic carbocycles. The molecule has 0 saturated heterocycles. The van der Waals surface area contributed by atoms with E-state index in [1.165, 1.54) is 22.7 Å². The van der Waals surface area contributed by atoms with E-state index in [1.54, 1.807) is 30.1 Å². The molecule has 6 heteroatoms. The Morgan fingerprint density at radius 1 is 1.17 bits per heavy atom. The molecular weight excluding hydrogens is 322 g/mol. The number of benzene rings is 2. The highest BCUT2D eigenvalue weighted by molar-refractivity contribution is 8.03. The van der Waals surface area contributed by atoms with Crippen LogP contribution in [0.15, 0.2) is 81.7 Å². The lowest BCUT2D eigenvalue weighted by Crippen LogP contribution is -2.08. The first-order chi connectivity index (χ1) is 11.6. The van der Waals surface area contributed by atoms with Crippen molar-refractivity contribution in [2.45, 2.75) is 4.90 Å². The second-order valence-electron chi connectivity index (χ2n) is 5.07. The largest absolute Gasteiger partial charge is 0.338 e. The highest BCUT2D eigenvalue weighted by Crippen LogP contribution is 2.44. The van der Waals surface area contributed by atoms with E-state index in [2.05, 4.69) is 22.0 Å². The van der Waals surface area contributed by atoms with Gasteiger partial charge in [-0.15, -0.1) is 0 Å². The molecule has 1 aliphatic rings. The monoisotopic (exact) mass is 337 g/mol. The molecule has 0 aromatic heterocycles. The predicted molar refractivity (Wildman–Crippen MR) is 99.2 cm³/mol. The van der Waals surface area contributed by atoms with Gasteiger partial charge in [-0.1, -0.05) is 36.0 Å². The third kappa shape index (κ3) is 3.55. The van der Waals surface area contributed by atoms with Crippen LogP contribution >= 0.6 is 11.8 Å². The summed E-state index contributed by atoms with van der Waals surface area (Å²) in [4.78, 5) is 17.9. The fraction of sp³-hybridized carbons (Fsp3) is 0.0556. The third-order valence-corrected chi connectivity index (χ3v) is 4.66. The van der Waals surface area contributed by atoms with Crippen molar-refractivity contribution in [3.05, 3.63) is 81.9 Å². The number of para-hydroxylation sites is 1. The van der Waals surface area contributed by atoms with Crippen LogP contribution in [0.3, 0.4) is 0 Å². The first-order valence-corrected chi connectivity index (χ1v) is 8.13. The molecule has 0 unspecified atom stereocenters. The zero-order valence-electron chi connectivity index (χ0n) is 13.0. The molecule has 2 aromatic carbocycles. The molecule has 0 radical (unpaired) electrons. The molecule has 1 heterocycles. The number of aliphatic imine (C=N–C) groups is 1. The van der Waals surface area contributed by atoms with Crippen molar-refractivity contribution in [2.24, 2.45) is 4.99 Å². The molecule has 5 nitrogen and oxygen atoms in total. The molecule has 0 amide bonds. The Morgan fingerprint density at radius 3 is 2.79 bits per heavy atom. The minimum Gasteiger partial charge on any atom is -0.338 e. The lowest BCUT2D eigenvalue weighted by atomic mass is 10.3. The van der Waals surface area contributed by atoms with Gasteiger partial charge in [-0.3, -0.25) is 15.1 Å². The fourth-order valence-electron chi connectivity index (χ4n) is 2.27. The number of thioether (sulfide) groups is 1. The number of rotatable bonds is 4. The number of hydrogen-bond acceptors (Lipinski definition) is 5. The minimum absolute atomic E-state index is 0.0393. The van der Waals surface area contributed by atoms with E-state index in [4.69, 9.17) is 0 Å². The van der Waals surface area contributed by atoms with Gasteiger partial charge in [0.1, 0.15) is 0 Å². The summed E-state index contributed by atoms with van der Waals surface area (Å²) in [5.41, 5.74) is 1.80. The summed E-state index contributed by atoms with van der Waals surface area (Å²) >= 11 is 1.72. The maximum absolute atomic E-state index is 10.7. The Morgan fingerprint density at radius 2 is 2.00 bits per heavy atom. The number of nitro groups is 1. The second-order valence-corrected chi connectivity index (χ2v) is 6.14. The average Bonchev–Trinajstić information content (AvgIpc) is 2.91. The Kier molecular flexibility index (Phi) is 4.77. The summed E-state index contributed by atoms with van der Waals surface area (Å²) in [5.74, 6) is 0. The standard InChI is InChI=1S/C18H15N3O2S/c1-20-16-9-2-3-10-17(16)24-18(20)11-4-5-12-19-14-7-6-8-15(13-14)21(22)23/h2-13H,1H3/b5-4+,18-11?,19-12?. The molecule has 0 N–H and O–H groups in total. The average molecular weight is 337 g/mol. The topological polar surface area (TPSA) is 58.7 Å². The lowest BCUT2D eigenvalue weighted by molar-refractivity contribution is -0.384. The molecule has 3 rings (SSSR count). The first kappa shape index (κ1) is 16.0. The molecule has 120 valence electrons. The first-order valence-electron chi connectivity index (χ1n) is 7.31. The molecule has 24 heavy (non-hydrogen) atoms. The molecule has 0 bridgehead atoms. The van der Waals surface area contributed by atoms with Crippen LogP contribution in [0.25, 0.3) is 0 Å². The zero-order valence-corrected chi connectivity index (χ0v) is 13.8. The summed E-state index contributed by atoms with van der Waals surface area (Å²) in [7, 11) is 2.04. The molecule has 2 aromatic rings. The second kappa shape index (κ2) is 7.14. The van der Waals surface area contributed by atoms with Crippen LogP contribution in [0.4, 0.5) is 17.1 Å². The molecule has 0 spiro atoms. The van der Waals surface area contributed by atoms with Crippen molar-refractivity contribution < 1.29 is 4.92 Å². The third-order valence-electron chi connectivity index (χ3n) is 3.47. The van der Waals surface area contributed by atoms with Gasteiger partial charge in [-0.05, 0) is 30.4 Å². The molecule has 0 atom stereocenters. The van der Waals surface area contributed by atoms with Gasteiger partial charge in [-0.2, -0.15) is 0 Å². The van der Waals surface area contributed by atoms with Crippen LogP contribution in [0.1, 0.15) is 0 Å². The highest BCUT2D eigenvalue weighted by Gasteiger charge is 2.20. The van der Waals surface area contributed by atoms with Crippen LogP contribution < -0.4 is 4.90 Å². The van der Waals surface area contributed by atoms with Gasteiger partial charge >= 0.3 is 0 Å². The number of hydrogen-bond donors (Lipinski definition) is 0. The minimum atomic E-state index is -0.426. The Labute approximate surface area is 144 Å². The van der Waals surface area contributed by atoms with Crippen molar-refractivity contribution in [3.8, 4) is 0 Å². The van der Waals surface area contributed by atoms with Crippen molar-refractivity contribution in [2.75, 3.05) is 11.9 Å². The van der Waals surface area contributed by atoms with E-state index in [-0.39, 0.29) is 5.69 Å². The number of anilines is 1. The zero-order chi connectivity index (χ0) is 16.9. The van der Waals surface area contributed by atoms with Gasteiger partial charge in [0.15, 0.2) is 0 Å². The predicted octanol–water partition coefficient (Wildman–Crippen LogP) is 4.94. The summed E-state index contributed by atoms with van der Waals surface area (Å²) in [6, 6.07) is 14.5. The summed E-state index contributed by atoms with van der Waals surface area (Å²) in [6.45, 7) is 0. The van der Waals surface area contributed by atoms with Crippen LogP contribution in [0.5, 0.6) is 0 Å². The highest BCUT2D eigenvalue weighted by atomic mass is 32.2. The summed E-state index contributed by atoms with van der Waals surface area (Å²) < 4.78 is 0. The van der Waals surface area contributed by atoms with Crippen molar-refractivity contribution in [1.29, 1.82) is 0 Å². The smallest absolute Gasteiger partial charge is 0.271 e. The Hall–Kier alpha value is -2.86.